The number of rotatable bonds is 3. The minimum Gasteiger partial charge on any atom is -0.462 e. The molecule has 2 N–H and O–H groups in total. The number of carbonyl (C=O) groups is 1. The minimum atomic E-state index is -4.59. The molecular formula is C11H12F3NO2. The zero-order valence-electron chi connectivity index (χ0n) is 9.12. The van der Waals surface area contributed by atoms with Crippen molar-refractivity contribution in [2.45, 2.75) is 19.1 Å². The van der Waals surface area contributed by atoms with Gasteiger partial charge in [-0.05, 0) is 18.6 Å². The molecule has 1 aromatic carbocycles. The summed E-state index contributed by atoms with van der Waals surface area (Å²) in [6.45, 7) is 1.67. The van der Waals surface area contributed by atoms with Crippen LogP contribution in [0.1, 0.15) is 28.9 Å². The molecular weight excluding hydrogens is 235 g/mol. The van der Waals surface area contributed by atoms with Gasteiger partial charge in [0, 0.05) is 0 Å². The molecule has 1 unspecified atom stereocenters. The Morgan fingerprint density at radius 2 is 2.00 bits per heavy atom. The number of esters is 1. The molecule has 94 valence electrons. The maximum absolute atomic E-state index is 12.5. The van der Waals surface area contributed by atoms with E-state index >= 15 is 0 Å². The van der Waals surface area contributed by atoms with Crippen molar-refractivity contribution in [1.82, 2.24) is 0 Å². The molecule has 1 rings (SSSR count). The van der Waals surface area contributed by atoms with Gasteiger partial charge in [-0.25, -0.2) is 4.79 Å². The Kier molecular flexibility index (Phi) is 4.11. The highest BCUT2D eigenvalue weighted by atomic mass is 19.4. The predicted molar refractivity (Wildman–Crippen MR) is 55.4 cm³/mol. The molecule has 0 spiro atoms. The van der Waals surface area contributed by atoms with E-state index < -0.39 is 18.2 Å². The maximum Gasteiger partial charge on any atom is 0.407 e. The van der Waals surface area contributed by atoms with Crippen LogP contribution in [0.15, 0.2) is 24.3 Å². The fraction of sp³-hybridized carbons (Fsp3) is 0.364. The van der Waals surface area contributed by atoms with E-state index in [-0.39, 0.29) is 17.7 Å². The lowest BCUT2D eigenvalue weighted by molar-refractivity contribution is -0.149. The Morgan fingerprint density at radius 3 is 2.53 bits per heavy atom. The molecule has 1 atom stereocenters. The largest absolute Gasteiger partial charge is 0.462 e. The van der Waals surface area contributed by atoms with Gasteiger partial charge in [0.1, 0.15) is 6.04 Å². The van der Waals surface area contributed by atoms with Gasteiger partial charge >= 0.3 is 12.1 Å². The molecule has 0 heterocycles. The number of nitrogens with two attached hydrogens (primary N) is 1. The molecule has 0 saturated heterocycles. The third-order valence-corrected chi connectivity index (χ3v) is 2.14. The molecule has 6 heteroatoms. The van der Waals surface area contributed by atoms with E-state index in [1.165, 1.54) is 24.3 Å². The van der Waals surface area contributed by atoms with Crippen LogP contribution >= 0.6 is 0 Å². The topological polar surface area (TPSA) is 52.3 Å². The third kappa shape index (κ3) is 3.20. The van der Waals surface area contributed by atoms with Crippen molar-refractivity contribution < 1.29 is 22.7 Å². The smallest absolute Gasteiger partial charge is 0.407 e. The van der Waals surface area contributed by atoms with E-state index in [4.69, 9.17) is 5.73 Å². The lowest BCUT2D eigenvalue weighted by Crippen LogP contribution is -2.30. The fourth-order valence-electron chi connectivity index (χ4n) is 1.34. The SMILES string of the molecule is CCOC(=O)c1ccccc1C(N)C(F)(F)F. The molecule has 0 aliphatic heterocycles. The first-order valence-electron chi connectivity index (χ1n) is 4.96. The lowest BCUT2D eigenvalue weighted by Gasteiger charge is -2.18. The second-order valence-electron chi connectivity index (χ2n) is 3.33. The third-order valence-electron chi connectivity index (χ3n) is 2.14. The molecule has 0 aliphatic rings. The van der Waals surface area contributed by atoms with Gasteiger partial charge in [-0.15, -0.1) is 0 Å². The summed E-state index contributed by atoms with van der Waals surface area (Å²) in [5.41, 5.74) is 4.64. The molecule has 3 nitrogen and oxygen atoms in total. The summed E-state index contributed by atoms with van der Waals surface area (Å²) in [7, 11) is 0. The van der Waals surface area contributed by atoms with Gasteiger partial charge < -0.3 is 10.5 Å². The van der Waals surface area contributed by atoms with E-state index in [2.05, 4.69) is 4.74 Å². The van der Waals surface area contributed by atoms with Crippen LogP contribution in [-0.2, 0) is 4.74 Å². The van der Waals surface area contributed by atoms with Crippen molar-refractivity contribution in [1.29, 1.82) is 0 Å². The van der Waals surface area contributed by atoms with E-state index in [1.54, 1.807) is 6.92 Å². The highest BCUT2D eigenvalue weighted by Crippen LogP contribution is 2.32. The van der Waals surface area contributed by atoms with Crippen molar-refractivity contribution in [3.05, 3.63) is 35.4 Å². The Labute approximate surface area is 96.4 Å². The van der Waals surface area contributed by atoms with Crippen LogP contribution in [0.25, 0.3) is 0 Å². The monoisotopic (exact) mass is 247 g/mol. The van der Waals surface area contributed by atoms with Crippen molar-refractivity contribution in [3.8, 4) is 0 Å². The Balaban J connectivity index is 3.12. The highest BCUT2D eigenvalue weighted by Gasteiger charge is 2.39. The van der Waals surface area contributed by atoms with Gasteiger partial charge in [-0.1, -0.05) is 18.2 Å². The molecule has 0 saturated carbocycles. The lowest BCUT2D eigenvalue weighted by atomic mass is 10.0. The molecule has 0 fully saturated rings. The van der Waals surface area contributed by atoms with Gasteiger partial charge in [0.15, 0.2) is 0 Å². The van der Waals surface area contributed by atoms with Crippen molar-refractivity contribution in [2.24, 2.45) is 5.73 Å². The van der Waals surface area contributed by atoms with Gasteiger partial charge in [-0.2, -0.15) is 13.2 Å². The van der Waals surface area contributed by atoms with Crippen LogP contribution in [0.5, 0.6) is 0 Å². The standard InChI is InChI=1S/C11H12F3NO2/c1-2-17-10(16)8-6-4-3-5-7(8)9(15)11(12,13)14/h3-6,9H,2,15H2,1H3. The summed E-state index contributed by atoms with van der Waals surface area (Å²) < 4.78 is 42.1. The van der Waals surface area contributed by atoms with Crippen LogP contribution in [0.3, 0.4) is 0 Å². The summed E-state index contributed by atoms with van der Waals surface area (Å²) in [5.74, 6) is -0.803. The van der Waals surface area contributed by atoms with Crippen molar-refractivity contribution >= 4 is 5.97 Å². The first-order valence-corrected chi connectivity index (χ1v) is 4.96. The van der Waals surface area contributed by atoms with E-state index in [9.17, 15) is 18.0 Å². The first-order chi connectivity index (χ1) is 7.88. The van der Waals surface area contributed by atoms with Crippen molar-refractivity contribution in [2.75, 3.05) is 6.61 Å². The Morgan fingerprint density at radius 1 is 1.41 bits per heavy atom. The second-order valence-corrected chi connectivity index (χ2v) is 3.33. The van der Waals surface area contributed by atoms with Crippen LogP contribution in [0.2, 0.25) is 0 Å². The number of carbonyl (C=O) groups excluding carboxylic acids is 1. The fourth-order valence-corrected chi connectivity index (χ4v) is 1.34. The van der Waals surface area contributed by atoms with Crippen LogP contribution in [0, 0.1) is 0 Å². The normalized spacial score (nSPS) is 13.2. The summed E-state index contributed by atoms with van der Waals surface area (Å²) in [6, 6.07) is 3.09. The summed E-state index contributed by atoms with van der Waals surface area (Å²) in [5, 5.41) is 0. The number of benzene rings is 1. The maximum atomic E-state index is 12.5. The number of hydrogen-bond acceptors (Lipinski definition) is 3. The summed E-state index contributed by atoms with van der Waals surface area (Å²) in [6.07, 6.45) is -4.59. The molecule has 0 aliphatic carbocycles. The summed E-state index contributed by atoms with van der Waals surface area (Å²) in [4.78, 5) is 11.5. The number of hydrogen-bond donors (Lipinski definition) is 1. The van der Waals surface area contributed by atoms with E-state index in [1.807, 2.05) is 0 Å². The van der Waals surface area contributed by atoms with Crippen molar-refractivity contribution in [3.63, 3.8) is 0 Å². The second kappa shape index (κ2) is 5.18. The number of halogens is 3. The average Bonchev–Trinajstić information content (AvgIpc) is 2.27. The quantitative estimate of drug-likeness (QED) is 0.834. The summed E-state index contributed by atoms with van der Waals surface area (Å²) >= 11 is 0. The minimum absolute atomic E-state index is 0.0917. The zero-order chi connectivity index (χ0) is 13.1. The molecule has 17 heavy (non-hydrogen) atoms. The molecule has 0 radical (unpaired) electrons. The Hall–Kier alpha value is -1.56. The average molecular weight is 247 g/mol. The van der Waals surface area contributed by atoms with E-state index in [0.717, 1.165) is 0 Å². The molecule has 0 bridgehead atoms. The molecule has 1 aromatic rings. The van der Waals surface area contributed by atoms with Crippen LogP contribution in [-0.4, -0.2) is 18.8 Å². The van der Waals surface area contributed by atoms with E-state index in [0.29, 0.717) is 0 Å². The number of alkyl halides is 3. The zero-order valence-corrected chi connectivity index (χ0v) is 9.12. The van der Waals surface area contributed by atoms with Crippen LogP contribution in [0.4, 0.5) is 13.2 Å². The van der Waals surface area contributed by atoms with Gasteiger partial charge in [0.05, 0.1) is 12.2 Å². The molecule has 0 amide bonds. The first kappa shape index (κ1) is 13.5. The Bertz CT molecular complexity index is 404. The number of ether oxygens (including phenoxy) is 1. The van der Waals surface area contributed by atoms with Gasteiger partial charge in [0.25, 0.3) is 0 Å². The predicted octanol–water partition coefficient (Wildman–Crippen LogP) is 2.43. The van der Waals surface area contributed by atoms with Gasteiger partial charge in [0.2, 0.25) is 0 Å². The highest BCUT2D eigenvalue weighted by molar-refractivity contribution is 5.91. The van der Waals surface area contributed by atoms with Gasteiger partial charge in [-0.3, -0.25) is 0 Å². The van der Waals surface area contributed by atoms with Crippen LogP contribution < -0.4 is 5.73 Å². The molecule has 0 aromatic heterocycles.